The van der Waals surface area contributed by atoms with E-state index in [1.165, 1.54) is 22.5 Å². The van der Waals surface area contributed by atoms with Gasteiger partial charge in [0.05, 0.1) is 6.61 Å². The molecule has 0 N–H and O–H groups in total. The minimum Gasteiger partial charge on any atom is -0.493 e. The molecule has 24 heavy (non-hydrogen) atoms. The van der Waals surface area contributed by atoms with Gasteiger partial charge < -0.3 is 4.74 Å². The van der Waals surface area contributed by atoms with Crippen molar-refractivity contribution in [1.29, 1.82) is 0 Å². The molecule has 1 amide bonds. The standard InChI is InChI=1S/C17H21N3O2S2/c1-11-8-12(2)10-15(9-11)22-6-7-23-17-19-18-16(24-17)20(13(3)21)14-4-5-14/h8-10,14H,4-7H2,1-3H3. The average Bonchev–Trinajstić information content (AvgIpc) is 3.21. The second kappa shape index (κ2) is 7.53. The Hall–Kier alpha value is -1.60. The van der Waals surface area contributed by atoms with Crippen LogP contribution in [-0.2, 0) is 4.79 Å². The summed E-state index contributed by atoms with van der Waals surface area (Å²) in [6.07, 6.45) is 2.12. The van der Waals surface area contributed by atoms with Crippen molar-refractivity contribution in [2.45, 2.75) is 44.0 Å². The van der Waals surface area contributed by atoms with Crippen molar-refractivity contribution in [1.82, 2.24) is 10.2 Å². The summed E-state index contributed by atoms with van der Waals surface area (Å²) in [5.74, 6) is 1.75. The summed E-state index contributed by atoms with van der Waals surface area (Å²) in [7, 11) is 0. The van der Waals surface area contributed by atoms with Crippen molar-refractivity contribution in [3.63, 3.8) is 0 Å². The maximum Gasteiger partial charge on any atom is 0.225 e. The summed E-state index contributed by atoms with van der Waals surface area (Å²) < 4.78 is 6.68. The molecule has 0 spiro atoms. The molecule has 3 rings (SSSR count). The van der Waals surface area contributed by atoms with Crippen LogP contribution in [0.2, 0.25) is 0 Å². The van der Waals surface area contributed by atoms with Crippen molar-refractivity contribution in [3.8, 4) is 5.75 Å². The normalized spacial score (nSPS) is 13.8. The van der Waals surface area contributed by atoms with Crippen LogP contribution in [0.4, 0.5) is 5.13 Å². The number of hydrogen-bond acceptors (Lipinski definition) is 6. The SMILES string of the molecule is CC(=O)N(c1nnc(SCCOc2cc(C)cc(C)c2)s1)C1CC1. The third kappa shape index (κ3) is 4.48. The van der Waals surface area contributed by atoms with Gasteiger partial charge in [-0.25, -0.2) is 0 Å². The summed E-state index contributed by atoms with van der Waals surface area (Å²) in [6, 6.07) is 6.54. The smallest absolute Gasteiger partial charge is 0.225 e. The van der Waals surface area contributed by atoms with Gasteiger partial charge in [0, 0.05) is 18.7 Å². The molecule has 1 fully saturated rings. The molecule has 0 unspecified atom stereocenters. The predicted octanol–water partition coefficient (Wildman–Crippen LogP) is 3.84. The van der Waals surface area contributed by atoms with E-state index in [0.717, 1.165) is 28.7 Å². The highest BCUT2D eigenvalue weighted by molar-refractivity contribution is 8.01. The first-order valence-electron chi connectivity index (χ1n) is 8.00. The van der Waals surface area contributed by atoms with Gasteiger partial charge in [-0.1, -0.05) is 29.2 Å². The Morgan fingerprint density at radius 1 is 1.29 bits per heavy atom. The van der Waals surface area contributed by atoms with Crippen LogP contribution in [0.1, 0.15) is 30.9 Å². The van der Waals surface area contributed by atoms with Gasteiger partial charge in [0.1, 0.15) is 5.75 Å². The quantitative estimate of drug-likeness (QED) is 0.425. The third-order valence-electron chi connectivity index (χ3n) is 3.63. The van der Waals surface area contributed by atoms with Crippen molar-refractivity contribution < 1.29 is 9.53 Å². The molecule has 7 heteroatoms. The predicted molar refractivity (Wildman–Crippen MR) is 98.2 cm³/mol. The maximum atomic E-state index is 11.7. The van der Waals surface area contributed by atoms with Gasteiger partial charge in [-0.2, -0.15) is 0 Å². The molecule has 128 valence electrons. The van der Waals surface area contributed by atoms with Gasteiger partial charge in [-0.3, -0.25) is 9.69 Å². The molecule has 0 saturated heterocycles. The average molecular weight is 364 g/mol. The summed E-state index contributed by atoms with van der Waals surface area (Å²) in [4.78, 5) is 13.5. The van der Waals surface area contributed by atoms with E-state index in [1.807, 2.05) is 12.1 Å². The Kier molecular flexibility index (Phi) is 5.40. The molecule has 1 heterocycles. The lowest BCUT2D eigenvalue weighted by molar-refractivity contribution is -0.116. The summed E-state index contributed by atoms with van der Waals surface area (Å²) in [6.45, 7) is 6.34. The molecule has 1 aromatic heterocycles. The zero-order chi connectivity index (χ0) is 17.1. The van der Waals surface area contributed by atoms with Crippen LogP contribution in [0, 0.1) is 13.8 Å². The highest BCUT2D eigenvalue weighted by Crippen LogP contribution is 2.35. The largest absolute Gasteiger partial charge is 0.493 e. The number of carbonyl (C=O) groups excluding carboxylic acids is 1. The van der Waals surface area contributed by atoms with Crippen molar-refractivity contribution in [2.24, 2.45) is 0 Å². The van der Waals surface area contributed by atoms with Crippen molar-refractivity contribution in [3.05, 3.63) is 29.3 Å². The Labute approximate surface area is 150 Å². The number of carbonyl (C=O) groups is 1. The van der Waals surface area contributed by atoms with Crippen LogP contribution in [0.5, 0.6) is 5.75 Å². The number of amides is 1. The number of benzene rings is 1. The summed E-state index contributed by atoms with van der Waals surface area (Å²) in [5.41, 5.74) is 2.41. The lowest BCUT2D eigenvalue weighted by Crippen LogP contribution is -2.30. The van der Waals surface area contributed by atoms with E-state index < -0.39 is 0 Å². The molecule has 1 aliphatic carbocycles. The Morgan fingerprint density at radius 2 is 2.00 bits per heavy atom. The van der Waals surface area contributed by atoms with E-state index in [-0.39, 0.29) is 5.91 Å². The molecule has 0 bridgehead atoms. The van der Waals surface area contributed by atoms with E-state index in [2.05, 4.69) is 30.1 Å². The lowest BCUT2D eigenvalue weighted by Gasteiger charge is -2.15. The second-order valence-electron chi connectivity index (χ2n) is 5.99. The second-order valence-corrected chi connectivity index (χ2v) is 8.29. The molecular formula is C17H21N3O2S2. The molecule has 1 saturated carbocycles. The number of thioether (sulfide) groups is 1. The first-order chi connectivity index (χ1) is 11.5. The van der Waals surface area contributed by atoms with Crippen molar-refractivity contribution >= 4 is 34.1 Å². The number of aryl methyl sites for hydroxylation is 2. The van der Waals surface area contributed by atoms with Gasteiger partial charge >= 0.3 is 0 Å². The van der Waals surface area contributed by atoms with Crippen LogP contribution in [0.25, 0.3) is 0 Å². The molecule has 1 aromatic carbocycles. The lowest BCUT2D eigenvalue weighted by atomic mass is 10.1. The topological polar surface area (TPSA) is 55.3 Å². The fourth-order valence-electron chi connectivity index (χ4n) is 2.54. The molecule has 0 radical (unpaired) electrons. The van der Waals surface area contributed by atoms with Crippen LogP contribution in [0.15, 0.2) is 22.5 Å². The molecule has 2 aromatic rings. The Morgan fingerprint density at radius 3 is 2.62 bits per heavy atom. The van der Waals surface area contributed by atoms with Crippen LogP contribution >= 0.6 is 23.1 Å². The molecule has 0 aliphatic heterocycles. The van der Waals surface area contributed by atoms with Gasteiger partial charge in [-0.15, -0.1) is 10.2 Å². The summed E-state index contributed by atoms with van der Waals surface area (Å²) >= 11 is 3.09. The highest BCUT2D eigenvalue weighted by Gasteiger charge is 2.34. The molecular weight excluding hydrogens is 342 g/mol. The van der Waals surface area contributed by atoms with E-state index in [1.54, 1.807) is 23.6 Å². The minimum absolute atomic E-state index is 0.0448. The molecule has 0 atom stereocenters. The summed E-state index contributed by atoms with van der Waals surface area (Å²) in [5, 5.41) is 9.07. The monoisotopic (exact) mass is 363 g/mol. The van der Waals surface area contributed by atoms with Crippen LogP contribution < -0.4 is 9.64 Å². The zero-order valence-electron chi connectivity index (χ0n) is 14.1. The number of rotatable bonds is 7. The van der Waals surface area contributed by atoms with Gasteiger partial charge in [0.15, 0.2) is 4.34 Å². The fraction of sp³-hybridized carbons (Fsp3) is 0.471. The maximum absolute atomic E-state index is 11.7. The van der Waals surface area contributed by atoms with E-state index in [4.69, 9.17) is 4.74 Å². The van der Waals surface area contributed by atoms with Gasteiger partial charge in [0.25, 0.3) is 0 Å². The van der Waals surface area contributed by atoms with E-state index in [9.17, 15) is 4.79 Å². The number of ether oxygens (including phenoxy) is 1. The van der Waals surface area contributed by atoms with Gasteiger partial charge in [-0.05, 0) is 49.9 Å². The Balaban J connectivity index is 1.49. The van der Waals surface area contributed by atoms with Gasteiger partial charge in [0.2, 0.25) is 11.0 Å². The number of anilines is 1. The van der Waals surface area contributed by atoms with E-state index >= 15 is 0 Å². The number of aromatic nitrogens is 2. The zero-order valence-corrected chi connectivity index (χ0v) is 15.7. The first kappa shape index (κ1) is 17.2. The molecule has 5 nitrogen and oxygen atoms in total. The molecule has 1 aliphatic rings. The highest BCUT2D eigenvalue weighted by atomic mass is 32.2. The fourth-order valence-corrected chi connectivity index (χ4v) is 4.39. The van der Waals surface area contributed by atoms with Crippen LogP contribution in [-0.4, -0.2) is 34.5 Å². The first-order valence-corrected chi connectivity index (χ1v) is 9.80. The van der Waals surface area contributed by atoms with Crippen LogP contribution in [0.3, 0.4) is 0 Å². The third-order valence-corrected chi connectivity index (χ3v) is 5.65. The van der Waals surface area contributed by atoms with Crippen molar-refractivity contribution in [2.75, 3.05) is 17.3 Å². The minimum atomic E-state index is 0.0448. The number of hydrogen-bond donors (Lipinski definition) is 0. The number of nitrogens with zero attached hydrogens (tertiary/aromatic N) is 3. The van der Waals surface area contributed by atoms with E-state index in [0.29, 0.717) is 17.8 Å². The Bertz CT molecular complexity index is 708.